The molecule has 7 aromatic rings. The zero-order chi connectivity index (χ0) is 56.1. The van der Waals surface area contributed by atoms with E-state index >= 15 is 8.78 Å². The monoisotopic (exact) mass is 1110 g/mol. The lowest BCUT2D eigenvalue weighted by molar-refractivity contribution is -0.138. The summed E-state index contributed by atoms with van der Waals surface area (Å²) in [5, 5.41) is 48.9. The number of piperazine rings is 1. The lowest BCUT2D eigenvalue weighted by Crippen LogP contribution is -2.59. The van der Waals surface area contributed by atoms with Gasteiger partial charge in [-0.3, -0.25) is 29.5 Å². The van der Waals surface area contributed by atoms with Crippen molar-refractivity contribution in [3.63, 3.8) is 0 Å². The normalized spacial score (nSPS) is 22.2. The predicted molar refractivity (Wildman–Crippen MR) is 301 cm³/mol. The third-order valence-corrected chi connectivity index (χ3v) is 17.7. The van der Waals surface area contributed by atoms with Crippen molar-refractivity contribution in [2.75, 3.05) is 63.9 Å². The van der Waals surface area contributed by atoms with Crippen LogP contribution in [-0.4, -0.2) is 148 Å². The first-order valence-electron chi connectivity index (χ1n) is 27.9. The van der Waals surface area contributed by atoms with E-state index in [0.29, 0.717) is 73.0 Å². The number of amides is 1. The van der Waals surface area contributed by atoms with Crippen molar-refractivity contribution in [3.05, 3.63) is 101 Å². The summed E-state index contributed by atoms with van der Waals surface area (Å²) >= 11 is 1.58. The number of fused-ring (bicyclic) bond motifs is 2. The number of carbonyl (C=O) groups excluding carboxylic acids is 2. The van der Waals surface area contributed by atoms with Crippen LogP contribution in [0, 0.1) is 29.9 Å². The van der Waals surface area contributed by atoms with Crippen molar-refractivity contribution in [2.45, 2.75) is 116 Å². The van der Waals surface area contributed by atoms with E-state index in [9.17, 15) is 24.9 Å². The molecule has 1 saturated carbocycles. The number of piperidine rings is 1. The van der Waals surface area contributed by atoms with Gasteiger partial charge in [0, 0.05) is 102 Å². The van der Waals surface area contributed by atoms with Crippen LogP contribution in [0.4, 0.5) is 14.6 Å². The Kier molecular flexibility index (Phi) is 15.5. The number of benzene rings is 3. The number of ketones is 1. The molecule has 0 spiro atoms. The van der Waals surface area contributed by atoms with Crippen LogP contribution in [0.15, 0.2) is 66.4 Å². The smallest absolute Gasteiger partial charge is 0.319 e. The number of hydrogen-bond donors (Lipinski definition) is 5. The molecule has 3 aliphatic heterocycles. The molecule has 0 radical (unpaired) electrons. The topological polar surface area (TPSA) is 220 Å². The Labute approximate surface area is 467 Å². The first kappa shape index (κ1) is 55.3. The molecule has 1 amide bonds. The lowest BCUT2D eigenvalue weighted by atomic mass is 9.85. The summed E-state index contributed by atoms with van der Waals surface area (Å²) in [5.41, 5.74) is 3.44. The maximum atomic E-state index is 17.2. The number of carbonyl (C=O) groups is 2. The van der Waals surface area contributed by atoms with Gasteiger partial charge in [-0.25, -0.2) is 13.8 Å². The molecule has 5 N–H and O–H groups in total. The molecule has 422 valence electrons. The highest BCUT2D eigenvalue weighted by Gasteiger charge is 2.51. The molecule has 3 aromatic carbocycles. The number of thiazole rings is 1. The summed E-state index contributed by atoms with van der Waals surface area (Å²) in [6.45, 7) is 15.9. The van der Waals surface area contributed by atoms with E-state index in [-0.39, 0.29) is 77.6 Å². The van der Waals surface area contributed by atoms with Crippen LogP contribution in [0.1, 0.15) is 94.8 Å². The average Bonchev–Trinajstić information content (AvgIpc) is 3.63. The van der Waals surface area contributed by atoms with Crippen LogP contribution >= 0.6 is 11.3 Å². The van der Waals surface area contributed by atoms with Crippen LogP contribution in [0.2, 0.25) is 0 Å². The second-order valence-corrected chi connectivity index (χ2v) is 24.1. The number of aliphatic hydroxyl groups excluding tert-OH is 1. The van der Waals surface area contributed by atoms with Gasteiger partial charge in [0.1, 0.15) is 28.6 Å². The molecule has 21 heteroatoms. The van der Waals surface area contributed by atoms with Gasteiger partial charge in [-0.15, -0.1) is 16.4 Å². The fourth-order valence-electron chi connectivity index (χ4n) is 12.1. The highest BCUT2D eigenvalue weighted by Crippen LogP contribution is 2.47. The van der Waals surface area contributed by atoms with Crippen LogP contribution in [0.3, 0.4) is 0 Å². The third-order valence-electron chi connectivity index (χ3n) is 16.7. The number of phenols is 1. The highest BCUT2D eigenvalue weighted by molar-refractivity contribution is 7.13. The third kappa shape index (κ3) is 11.5. The van der Waals surface area contributed by atoms with Crippen molar-refractivity contribution in [1.29, 1.82) is 0 Å². The largest absolute Gasteiger partial charge is 0.508 e. The minimum absolute atomic E-state index is 0.00181. The molecular weight excluding hydrogens is 1040 g/mol. The molecule has 4 fully saturated rings. The number of aromatic hydroxyl groups is 1. The number of nitrogens with zero attached hydrogens (tertiary/aromatic N) is 10. The van der Waals surface area contributed by atoms with Gasteiger partial charge >= 0.3 is 6.01 Å². The van der Waals surface area contributed by atoms with E-state index < -0.39 is 34.8 Å². The second-order valence-electron chi connectivity index (χ2n) is 23.2. The summed E-state index contributed by atoms with van der Waals surface area (Å²) in [6, 6.07) is 13.5. The summed E-state index contributed by atoms with van der Waals surface area (Å²) in [4.78, 5) is 54.3. The summed E-state index contributed by atoms with van der Waals surface area (Å²) in [7, 11) is 0. The number of pyridine rings is 1. The molecule has 5 atom stereocenters. The Bertz CT molecular complexity index is 3440. The molecule has 1 aliphatic carbocycles. The Balaban J connectivity index is 0.698. The van der Waals surface area contributed by atoms with Gasteiger partial charge in [-0.1, -0.05) is 49.4 Å². The minimum atomic E-state index is -1.54. The number of β-amino-alcohol motifs (C(OH)–C–C–N with tert-alkyl or cyclic N) is 2. The van der Waals surface area contributed by atoms with Gasteiger partial charge in [0.05, 0.1) is 51.5 Å². The van der Waals surface area contributed by atoms with E-state index in [2.05, 4.69) is 45.7 Å². The summed E-state index contributed by atoms with van der Waals surface area (Å²) in [6.07, 6.45) is 6.27. The molecule has 2 unspecified atom stereocenters. The fourth-order valence-corrected chi connectivity index (χ4v) is 12.9. The summed E-state index contributed by atoms with van der Waals surface area (Å²) < 4.78 is 40.6. The zero-order valence-corrected chi connectivity index (χ0v) is 46.8. The van der Waals surface area contributed by atoms with Gasteiger partial charge in [-0.05, 0) is 104 Å². The molecule has 18 nitrogen and oxygen atoms in total. The van der Waals surface area contributed by atoms with Gasteiger partial charge in [0.2, 0.25) is 5.91 Å². The number of Topliss-reactive ketones (excluding diaryl/α,β-unsaturated/α-hetero) is 1. The van der Waals surface area contributed by atoms with Crippen molar-refractivity contribution in [3.8, 4) is 33.5 Å². The number of ether oxygens (including phenoxy) is 1. The van der Waals surface area contributed by atoms with Crippen LogP contribution in [0.25, 0.3) is 43.4 Å². The first-order chi connectivity index (χ1) is 38.4. The predicted octanol–water partition coefficient (Wildman–Crippen LogP) is 7.31. The SMILES string of the molecule is CCc1c(F)ccc2cc(O)cc(-c3ncc4c(N5CCC[C@@](C)(O)C5)nc(OCC5(CN6CCN(Cc7cn(CC(C)CC(=O)[C@]8(C(=O)N[C@@H](C)c9ccc(-c%10scnc%10C)cc9)CC(O)CN8)nn7)CC6)CC5)nc4c3F)c12. The van der Waals surface area contributed by atoms with Crippen molar-refractivity contribution in [1.82, 2.24) is 55.4 Å². The zero-order valence-electron chi connectivity index (χ0n) is 46.0. The Morgan fingerprint density at radius 2 is 1.77 bits per heavy atom. The van der Waals surface area contributed by atoms with Crippen LogP contribution in [0.5, 0.6) is 11.8 Å². The minimum Gasteiger partial charge on any atom is -0.508 e. The maximum absolute atomic E-state index is 17.2. The Morgan fingerprint density at radius 1 is 1.00 bits per heavy atom. The van der Waals surface area contributed by atoms with E-state index in [1.54, 1.807) is 29.0 Å². The number of aromatic nitrogens is 7. The first-order valence-corrected chi connectivity index (χ1v) is 28.8. The lowest BCUT2D eigenvalue weighted by Gasteiger charge is -2.38. The van der Waals surface area contributed by atoms with Crippen LogP contribution < -0.4 is 20.3 Å². The molecule has 11 rings (SSSR count). The number of aliphatic hydroxyl groups is 2. The molecule has 4 aromatic heterocycles. The molecule has 3 saturated heterocycles. The van der Waals surface area contributed by atoms with Gasteiger partial charge < -0.3 is 35.2 Å². The number of anilines is 1. The highest BCUT2D eigenvalue weighted by atomic mass is 32.1. The number of rotatable bonds is 19. The van der Waals surface area contributed by atoms with E-state index in [0.717, 1.165) is 73.0 Å². The molecule has 4 aliphatic rings. The number of aryl methyl sites for hydroxylation is 2. The van der Waals surface area contributed by atoms with Crippen molar-refractivity contribution in [2.24, 2.45) is 11.3 Å². The quantitative estimate of drug-likeness (QED) is 0.0502. The standard InChI is InChI=1S/C59H70F2N12O6S/c1-6-44-47(60)13-12-40-23-42(74)24-45(49(40)44)51-50(61)52-46(27-62-51)54(72-17-7-14-57(5,78)31-72)67-56(66-52)79-33-58(15-16-58)32-71-20-18-70(19-21-71)29-41-30-73(69-68-41)28-35(2)22-48(76)59(25-43(75)26-64-59)55(77)65-36(3)38-8-10-39(11-9-38)53-37(4)63-34-80-53/h8-13,23-24,27,30,34-36,43,64,74-75,78H,6-7,14-22,25-26,28-29,31-33H2,1-5H3,(H,65,77)/t35?,36-,43?,57+,59-/m0/s1. The number of phenolic OH excluding ortho intramolecular Hbond substituents is 1. The second kappa shape index (κ2) is 22.4. The van der Waals surface area contributed by atoms with E-state index in [1.165, 1.54) is 24.4 Å². The van der Waals surface area contributed by atoms with Crippen molar-refractivity contribution >= 4 is 50.5 Å². The number of nitrogens with one attached hydrogen (secondary N) is 2. The average molecular weight is 1110 g/mol. The van der Waals surface area contributed by atoms with Gasteiger partial charge in [-0.2, -0.15) is 9.97 Å². The fraction of sp³-hybridized carbons (Fsp3) is 0.492. The molecular formula is C59H70F2N12O6S. The van der Waals surface area contributed by atoms with Gasteiger partial charge in [0.15, 0.2) is 17.1 Å². The van der Waals surface area contributed by atoms with E-state index in [1.807, 2.05) is 68.6 Å². The molecule has 80 heavy (non-hydrogen) atoms. The Morgan fingerprint density at radius 3 is 2.48 bits per heavy atom. The maximum Gasteiger partial charge on any atom is 0.319 e. The van der Waals surface area contributed by atoms with Crippen molar-refractivity contribution < 1.29 is 38.4 Å². The number of hydrogen-bond acceptors (Lipinski definition) is 17. The van der Waals surface area contributed by atoms with Gasteiger partial charge in [0.25, 0.3) is 0 Å². The molecule has 0 bridgehead atoms. The number of halogens is 2. The summed E-state index contributed by atoms with van der Waals surface area (Å²) in [5.74, 6) is -1.75. The van der Waals surface area contributed by atoms with E-state index in [4.69, 9.17) is 9.72 Å². The van der Waals surface area contributed by atoms with Crippen LogP contribution in [-0.2, 0) is 29.1 Å². The Hall–Kier alpha value is -6.62. The molecule has 7 heterocycles.